The van der Waals surface area contributed by atoms with Crippen LogP contribution in [0.1, 0.15) is 41.8 Å². The fourth-order valence-corrected chi connectivity index (χ4v) is 3.59. The molecule has 2 rings (SSSR count). The molecule has 5 nitrogen and oxygen atoms in total. The van der Waals surface area contributed by atoms with E-state index >= 15 is 0 Å². The lowest BCUT2D eigenvalue weighted by Crippen LogP contribution is -2.32. The number of anilines is 1. The van der Waals surface area contributed by atoms with E-state index in [1.165, 1.54) is 24.3 Å². The number of nitrogens with one attached hydrogen (secondary N) is 2. The van der Waals surface area contributed by atoms with Gasteiger partial charge in [0.1, 0.15) is 0 Å². The van der Waals surface area contributed by atoms with Crippen LogP contribution in [-0.4, -0.2) is 20.4 Å². The van der Waals surface area contributed by atoms with E-state index in [4.69, 9.17) is 0 Å². The van der Waals surface area contributed by atoms with Crippen molar-refractivity contribution in [3.05, 3.63) is 59.2 Å². The molecule has 1 amide bonds. The average Bonchev–Trinajstić information content (AvgIpc) is 2.57. The van der Waals surface area contributed by atoms with Gasteiger partial charge in [0, 0.05) is 17.3 Å². The highest BCUT2D eigenvalue weighted by molar-refractivity contribution is 7.89. The van der Waals surface area contributed by atoms with Gasteiger partial charge in [-0.25, -0.2) is 13.1 Å². The topological polar surface area (TPSA) is 75.3 Å². The fraction of sp³-hybridized carbons (Fsp3) is 0.316. The zero-order valence-corrected chi connectivity index (χ0v) is 15.8. The Labute approximate surface area is 149 Å². The summed E-state index contributed by atoms with van der Waals surface area (Å²) < 4.78 is 27.1. The molecule has 0 aliphatic carbocycles. The number of sulfonamides is 1. The van der Waals surface area contributed by atoms with Crippen LogP contribution in [0.3, 0.4) is 0 Å². The van der Waals surface area contributed by atoms with Crippen molar-refractivity contribution in [3.63, 3.8) is 0 Å². The third-order valence-electron chi connectivity index (χ3n) is 4.04. The highest BCUT2D eigenvalue weighted by Gasteiger charge is 2.17. The van der Waals surface area contributed by atoms with Crippen LogP contribution in [-0.2, 0) is 10.0 Å². The number of amides is 1. The van der Waals surface area contributed by atoms with Crippen molar-refractivity contribution in [2.24, 2.45) is 0 Å². The molecule has 0 heterocycles. The Morgan fingerprint density at radius 1 is 1.08 bits per heavy atom. The molecule has 134 valence electrons. The molecule has 0 saturated heterocycles. The zero-order valence-electron chi connectivity index (χ0n) is 15.0. The first-order valence-corrected chi connectivity index (χ1v) is 9.72. The fourth-order valence-electron chi connectivity index (χ4n) is 2.27. The van der Waals surface area contributed by atoms with E-state index in [-0.39, 0.29) is 16.8 Å². The zero-order chi connectivity index (χ0) is 18.6. The van der Waals surface area contributed by atoms with Crippen molar-refractivity contribution >= 4 is 21.6 Å². The summed E-state index contributed by atoms with van der Waals surface area (Å²) in [5.74, 6) is -0.271. The molecule has 0 saturated carbocycles. The highest BCUT2D eigenvalue weighted by Crippen LogP contribution is 2.18. The Kier molecular flexibility index (Phi) is 5.98. The van der Waals surface area contributed by atoms with Gasteiger partial charge in [-0.1, -0.05) is 19.1 Å². The molecule has 2 aromatic rings. The first kappa shape index (κ1) is 19.1. The quantitative estimate of drug-likeness (QED) is 0.826. The summed E-state index contributed by atoms with van der Waals surface area (Å²) in [6.07, 6.45) is 0.704. The van der Waals surface area contributed by atoms with E-state index in [1.807, 2.05) is 45.9 Å². The Morgan fingerprint density at radius 3 is 2.32 bits per heavy atom. The maximum absolute atomic E-state index is 12.4. The summed E-state index contributed by atoms with van der Waals surface area (Å²) in [5.41, 5.74) is 3.18. The molecule has 1 unspecified atom stereocenters. The molecule has 1 atom stereocenters. The Hall–Kier alpha value is -2.18. The highest BCUT2D eigenvalue weighted by atomic mass is 32.2. The van der Waals surface area contributed by atoms with Gasteiger partial charge in [0.05, 0.1) is 4.90 Å². The Morgan fingerprint density at radius 2 is 1.72 bits per heavy atom. The molecule has 25 heavy (non-hydrogen) atoms. The van der Waals surface area contributed by atoms with Gasteiger partial charge >= 0.3 is 0 Å². The van der Waals surface area contributed by atoms with Gasteiger partial charge in [0.2, 0.25) is 10.0 Å². The molecular formula is C19H24N2O3S. The molecule has 0 aliphatic heterocycles. The predicted octanol–water partition coefficient (Wildman–Crippen LogP) is 3.63. The molecule has 0 spiro atoms. The monoisotopic (exact) mass is 360 g/mol. The number of carbonyl (C=O) groups excluding carboxylic acids is 1. The van der Waals surface area contributed by atoms with Crippen molar-refractivity contribution in [2.75, 3.05) is 5.32 Å². The average molecular weight is 360 g/mol. The number of benzene rings is 2. The summed E-state index contributed by atoms with van der Waals surface area (Å²) in [7, 11) is -3.57. The smallest absolute Gasteiger partial charge is 0.255 e. The van der Waals surface area contributed by atoms with E-state index in [0.717, 1.165) is 16.8 Å². The van der Waals surface area contributed by atoms with E-state index in [9.17, 15) is 13.2 Å². The molecule has 0 aromatic heterocycles. The van der Waals surface area contributed by atoms with Crippen LogP contribution in [0.5, 0.6) is 0 Å². The number of hydrogen-bond acceptors (Lipinski definition) is 3. The standard InChI is InChI=1S/C19H24N2O3S/c1-5-15(4)21-25(23,24)17-10-8-16(9-11-17)19(22)20-18-12-13(2)6-7-14(18)3/h6-12,15,21H,5H2,1-4H3,(H,20,22). The lowest BCUT2D eigenvalue weighted by molar-refractivity contribution is 0.102. The SMILES string of the molecule is CCC(C)NS(=O)(=O)c1ccc(C(=O)Nc2cc(C)ccc2C)cc1. The molecular weight excluding hydrogens is 336 g/mol. The van der Waals surface area contributed by atoms with Crippen LogP contribution < -0.4 is 10.0 Å². The van der Waals surface area contributed by atoms with Crippen LogP contribution in [0.4, 0.5) is 5.69 Å². The molecule has 6 heteroatoms. The minimum Gasteiger partial charge on any atom is -0.322 e. The third kappa shape index (κ3) is 4.90. The molecule has 2 N–H and O–H groups in total. The number of aryl methyl sites for hydroxylation is 2. The van der Waals surface area contributed by atoms with E-state index < -0.39 is 10.0 Å². The van der Waals surface area contributed by atoms with Gasteiger partial charge in [0.15, 0.2) is 0 Å². The largest absolute Gasteiger partial charge is 0.322 e. The normalized spacial score (nSPS) is 12.6. The van der Waals surface area contributed by atoms with Crippen LogP contribution >= 0.6 is 0 Å². The summed E-state index contributed by atoms with van der Waals surface area (Å²) in [4.78, 5) is 12.5. The lowest BCUT2D eigenvalue weighted by atomic mass is 10.1. The summed E-state index contributed by atoms with van der Waals surface area (Å²) in [6, 6.07) is 11.6. The third-order valence-corrected chi connectivity index (χ3v) is 5.64. The van der Waals surface area contributed by atoms with Crippen LogP contribution in [0, 0.1) is 13.8 Å². The summed E-state index contributed by atoms with van der Waals surface area (Å²) in [6.45, 7) is 7.60. The van der Waals surface area contributed by atoms with Gasteiger partial charge in [-0.15, -0.1) is 0 Å². The number of rotatable bonds is 6. The van der Waals surface area contributed by atoms with Crippen molar-refractivity contribution in [3.8, 4) is 0 Å². The minimum atomic E-state index is -3.57. The first-order chi connectivity index (χ1) is 11.7. The molecule has 2 aromatic carbocycles. The first-order valence-electron chi connectivity index (χ1n) is 8.24. The Balaban J connectivity index is 2.16. The van der Waals surface area contributed by atoms with E-state index in [2.05, 4.69) is 10.0 Å². The maximum Gasteiger partial charge on any atom is 0.255 e. The predicted molar refractivity (Wildman–Crippen MR) is 100 cm³/mol. The molecule has 0 radical (unpaired) electrons. The Bertz CT molecular complexity index is 859. The van der Waals surface area contributed by atoms with Crippen molar-refractivity contribution in [1.29, 1.82) is 0 Å². The van der Waals surface area contributed by atoms with Gasteiger partial charge in [-0.2, -0.15) is 0 Å². The summed E-state index contributed by atoms with van der Waals surface area (Å²) in [5, 5.41) is 2.86. The lowest BCUT2D eigenvalue weighted by Gasteiger charge is -2.13. The minimum absolute atomic E-state index is 0.141. The molecule has 0 bridgehead atoms. The van der Waals surface area contributed by atoms with Crippen LogP contribution in [0.15, 0.2) is 47.4 Å². The number of carbonyl (C=O) groups is 1. The van der Waals surface area contributed by atoms with E-state index in [1.54, 1.807) is 0 Å². The van der Waals surface area contributed by atoms with Crippen LogP contribution in [0.25, 0.3) is 0 Å². The summed E-state index contributed by atoms with van der Waals surface area (Å²) >= 11 is 0. The van der Waals surface area contributed by atoms with Gasteiger partial charge in [-0.05, 0) is 68.7 Å². The van der Waals surface area contributed by atoms with Crippen LogP contribution in [0.2, 0.25) is 0 Å². The second kappa shape index (κ2) is 7.80. The van der Waals surface area contributed by atoms with Gasteiger partial charge in [0.25, 0.3) is 5.91 Å². The second-order valence-electron chi connectivity index (χ2n) is 6.23. The van der Waals surface area contributed by atoms with E-state index in [0.29, 0.717) is 12.0 Å². The second-order valence-corrected chi connectivity index (χ2v) is 7.94. The van der Waals surface area contributed by atoms with Crippen molar-refractivity contribution in [1.82, 2.24) is 4.72 Å². The molecule has 0 fully saturated rings. The maximum atomic E-state index is 12.4. The number of hydrogen-bond donors (Lipinski definition) is 2. The van der Waals surface area contributed by atoms with Gasteiger partial charge < -0.3 is 5.32 Å². The van der Waals surface area contributed by atoms with Crippen molar-refractivity contribution in [2.45, 2.75) is 45.1 Å². The molecule has 0 aliphatic rings. The van der Waals surface area contributed by atoms with Crippen molar-refractivity contribution < 1.29 is 13.2 Å². The van der Waals surface area contributed by atoms with Gasteiger partial charge in [-0.3, -0.25) is 4.79 Å².